The fraction of sp³-hybridized carbons (Fsp3) is 0.857. The summed E-state index contributed by atoms with van der Waals surface area (Å²) in [5.74, 6) is 0.0101. The fourth-order valence-corrected chi connectivity index (χ4v) is 1.56. The van der Waals surface area contributed by atoms with Gasteiger partial charge in [0.25, 0.3) is 0 Å². The molecule has 0 radical (unpaired) electrons. The summed E-state index contributed by atoms with van der Waals surface area (Å²) >= 11 is 0. The molecule has 2 atom stereocenters. The van der Waals surface area contributed by atoms with Crippen LogP contribution >= 0.6 is 0 Å². The smallest absolute Gasteiger partial charge is 0.408 e. The van der Waals surface area contributed by atoms with Gasteiger partial charge in [0.2, 0.25) is 0 Å². The summed E-state index contributed by atoms with van der Waals surface area (Å²) < 4.78 is 10.3. The van der Waals surface area contributed by atoms with Gasteiger partial charge in [0, 0.05) is 0 Å². The van der Waals surface area contributed by atoms with Gasteiger partial charge < -0.3 is 14.8 Å². The molecule has 0 saturated carbocycles. The average Bonchev–Trinajstić information content (AvgIpc) is 2.11. The van der Waals surface area contributed by atoms with Crippen molar-refractivity contribution in [3.63, 3.8) is 0 Å². The van der Waals surface area contributed by atoms with Crippen molar-refractivity contribution < 1.29 is 19.1 Å². The summed E-state index contributed by atoms with van der Waals surface area (Å²) in [5.41, 5.74) is -0.585. The van der Waals surface area contributed by atoms with Crippen LogP contribution in [-0.2, 0) is 14.3 Å². The van der Waals surface area contributed by atoms with Gasteiger partial charge in [-0.05, 0) is 47.0 Å². The second-order valence-electron chi connectivity index (χ2n) is 6.24. The molecule has 0 fully saturated rings. The van der Waals surface area contributed by atoms with Gasteiger partial charge in [-0.3, -0.25) is 0 Å². The predicted molar refractivity (Wildman–Crippen MR) is 73.8 cm³/mol. The summed E-state index contributed by atoms with van der Waals surface area (Å²) in [7, 11) is 0. The molecule has 19 heavy (non-hydrogen) atoms. The molecular formula is C14H27NO4. The Bertz CT molecular complexity index is 307. The van der Waals surface area contributed by atoms with Crippen molar-refractivity contribution in [1.29, 1.82) is 0 Å². The van der Waals surface area contributed by atoms with Crippen molar-refractivity contribution >= 4 is 12.1 Å². The van der Waals surface area contributed by atoms with Crippen LogP contribution in [0.1, 0.15) is 54.9 Å². The van der Waals surface area contributed by atoms with E-state index in [0.717, 1.165) is 6.42 Å². The van der Waals surface area contributed by atoms with E-state index in [1.807, 2.05) is 6.92 Å². The minimum atomic E-state index is -0.718. The number of ether oxygens (including phenoxy) is 2. The second kappa shape index (κ2) is 7.36. The van der Waals surface area contributed by atoms with E-state index in [2.05, 4.69) is 19.2 Å². The molecular weight excluding hydrogens is 246 g/mol. The Morgan fingerprint density at radius 3 is 2.05 bits per heavy atom. The SMILES string of the molecule is CC(C)C[C@@H](C)OC(=O)[C@@H](C)NC(=O)OC(C)(C)C. The number of alkyl carbamates (subject to hydrolysis) is 1. The van der Waals surface area contributed by atoms with Gasteiger partial charge in [-0.2, -0.15) is 0 Å². The van der Waals surface area contributed by atoms with Gasteiger partial charge >= 0.3 is 12.1 Å². The Labute approximate surface area is 116 Å². The minimum Gasteiger partial charge on any atom is -0.461 e. The highest BCUT2D eigenvalue weighted by Gasteiger charge is 2.23. The first-order chi connectivity index (χ1) is 8.51. The third kappa shape index (κ3) is 9.33. The first kappa shape index (κ1) is 17.7. The number of nitrogens with one attached hydrogen (secondary N) is 1. The molecule has 0 rings (SSSR count). The van der Waals surface area contributed by atoms with Crippen LogP contribution in [0.15, 0.2) is 0 Å². The fourth-order valence-electron chi connectivity index (χ4n) is 1.56. The molecule has 0 bridgehead atoms. The summed E-state index contributed by atoms with van der Waals surface area (Å²) in [5, 5.41) is 2.46. The van der Waals surface area contributed by atoms with Crippen LogP contribution in [0.4, 0.5) is 4.79 Å². The molecule has 0 aliphatic heterocycles. The zero-order valence-electron chi connectivity index (χ0n) is 13.1. The third-order valence-electron chi connectivity index (χ3n) is 2.21. The van der Waals surface area contributed by atoms with Gasteiger partial charge in [0.15, 0.2) is 0 Å². The van der Waals surface area contributed by atoms with Crippen molar-refractivity contribution in [2.75, 3.05) is 0 Å². The van der Waals surface area contributed by atoms with Crippen molar-refractivity contribution in [3.8, 4) is 0 Å². The minimum absolute atomic E-state index is 0.157. The highest BCUT2D eigenvalue weighted by Crippen LogP contribution is 2.09. The molecule has 0 aromatic heterocycles. The Morgan fingerprint density at radius 2 is 1.63 bits per heavy atom. The predicted octanol–water partition coefficient (Wildman–Crippen LogP) is 2.88. The number of rotatable bonds is 5. The standard InChI is InChI=1S/C14H27NO4/c1-9(2)8-10(3)18-12(16)11(4)15-13(17)19-14(5,6)7/h9-11H,8H2,1-7H3,(H,15,17)/t10-,11-/m1/s1. The summed E-state index contributed by atoms with van der Waals surface area (Å²) in [6.07, 6.45) is 0.0223. The monoisotopic (exact) mass is 273 g/mol. The molecule has 0 aromatic carbocycles. The quantitative estimate of drug-likeness (QED) is 0.782. The zero-order chi connectivity index (χ0) is 15.2. The van der Waals surface area contributed by atoms with Gasteiger partial charge in [-0.25, -0.2) is 9.59 Å². The Balaban J connectivity index is 4.17. The van der Waals surface area contributed by atoms with Crippen LogP contribution in [0.25, 0.3) is 0 Å². The van der Waals surface area contributed by atoms with E-state index in [-0.39, 0.29) is 6.10 Å². The number of hydrogen-bond donors (Lipinski definition) is 1. The van der Waals surface area contributed by atoms with E-state index in [0.29, 0.717) is 5.92 Å². The largest absolute Gasteiger partial charge is 0.461 e. The molecule has 0 aromatic rings. The molecule has 0 aliphatic rings. The molecule has 1 N–H and O–H groups in total. The molecule has 0 saturated heterocycles. The van der Waals surface area contributed by atoms with Crippen LogP contribution in [0, 0.1) is 5.92 Å². The Kier molecular flexibility index (Phi) is 6.87. The van der Waals surface area contributed by atoms with Crippen LogP contribution in [0.3, 0.4) is 0 Å². The second-order valence-corrected chi connectivity index (χ2v) is 6.24. The number of amides is 1. The maximum Gasteiger partial charge on any atom is 0.408 e. The van der Waals surface area contributed by atoms with Crippen LogP contribution < -0.4 is 5.32 Å². The normalized spacial score (nSPS) is 14.7. The van der Waals surface area contributed by atoms with E-state index < -0.39 is 23.7 Å². The van der Waals surface area contributed by atoms with Crippen molar-refractivity contribution in [3.05, 3.63) is 0 Å². The lowest BCUT2D eigenvalue weighted by Gasteiger charge is -2.22. The molecule has 1 amide bonds. The summed E-state index contributed by atoms with van der Waals surface area (Å²) in [6, 6.07) is -0.718. The lowest BCUT2D eigenvalue weighted by Crippen LogP contribution is -2.43. The molecule has 0 spiro atoms. The van der Waals surface area contributed by atoms with E-state index in [1.54, 1.807) is 27.7 Å². The van der Waals surface area contributed by atoms with E-state index >= 15 is 0 Å². The van der Waals surface area contributed by atoms with Crippen molar-refractivity contribution in [2.24, 2.45) is 5.92 Å². The van der Waals surface area contributed by atoms with E-state index in [9.17, 15) is 9.59 Å². The first-order valence-corrected chi connectivity index (χ1v) is 6.71. The third-order valence-corrected chi connectivity index (χ3v) is 2.21. The highest BCUT2D eigenvalue weighted by molar-refractivity contribution is 5.81. The lowest BCUT2D eigenvalue weighted by molar-refractivity contribution is -0.150. The summed E-state index contributed by atoms with van der Waals surface area (Å²) in [4.78, 5) is 23.2. The van der Waals surface area contributed by atoms with Crippen LogP contribution in [0.2, 0.25) is 0 Å². The van der Waals surface area contributed by atoms with Gasteiger partial charge in [0.05, 0.1) is 6.10 Å². The van der Waals surface area contributed by atoms with E-state index in [1.165, 1.54) is 0 Å². The molecule has 112 valence electrons. The lowest BCUT2D eigenvalue weighted by atomic mass is 10.1. The average molecular weight is 273 g/mol. The zero-order valence-corrected chi connectivity index (χ0v) is 13.1. The van der Waals surface area contributed by atoms with Gasteiger partial charge in [-0.15, -0.1) is 0 Å². The first-order valence-electron chi connectivity index (χ1n) is 6.71. The number of carbonyl (C=O) groups excluding carboxylic acids is 2. The summed E-state index contributed by atoms with van der Waals surface area (Å²) in [6.45, 7) is 12.8. The number of hydrogen-bond acceptors (Lipinski definition) is 4. The molecule has 0 unspecified atom stereocenters. The Hall–Kier alpha value is -1.26. The van der Waals surface area contributed by atoms with E-state index in [4.69, 9.17) is 9.47 Å². The maximum atomic E-state index is 11.7. The number of carbonyl (C=O) groups is 2. The van der Waals surface area contributed by atoms with Gasteiger partial charge in [-0.1, -0.05) is 13.8 Å². The molecule has 5 heteroatoms. The van der Waals surface area contributed by atoms with Crippen molar-refractivity contribution in [2.45, 2.75) is 72.6 Å². The van der Waals surface area contributed by atoms with Crippen LogP contribution in [-0.4, -0.2) is 29.8 Å². The molecule has 5 nitrogen and oxygen atoms in total. The van der Waals surface area contributed by atoms with Crippen molar-refractivity contribution in [1.82, 2.24) is 5.32 Å². The highest BCUT2D eigenvalue weighted by atomic mass is 16.6. The molecule has 0 aliphatic carbocycles. The number of esters is 1. The van der Waals surface area contributed by atoms with Crippen LogP contribution in [0.5, 0.6) is 0 Å². The Morgan fingerprint density at radius 1 is 1.11 bits per heavy atom. The topological polar surface area (TPSA) is 64.6 Å². The molecule has 0 heterocycles. The maximum absolute atomic E-state index is 11.7. The van der Waals surface area contributed by atoms with Gasteiger partial charge in [0.1, 0.15) is 11.6 Å².